The van der Waals surface area contributed by atoms with Gasteiger partial charge in [0, 0.05) is 41.0 Å². The molecule has 3 aromatic rings. The predicted molar refractivity (Wildman–Crippen MR) is 120 cm³/mol. The van der Waals surface area contributed by atoms with Crippen LogP contribution in [0.25, 0.3) is 11.3 Å². The topological polar surface area (TPSA) is 136 Å². The van der Waals surface area contributed by atoms with Crippen LogP contribution in [0.1, 0.15) is 46.3 Å². The van der Waals surface area contributed by atoms with Gasteiger partial charge < -0.3 is 20.7 Å². The summed E-state index contributed by atoms with van der Waals surface area (Å²) < 4.78 is 29.6. The summed E-state index contributed by atoms with van der Waals surface area (Å²) in [6.45, 7) is -2.72. The van der Waals surface area contributed by atoms with Crippen molar-refractivity contribution in [3.05, 3.63) is 36.4 Å². The molecule has 2 fully saturated rings. The molecule has 0 saturated heterocycles. The van der Waals surface area contributed by atoms with Crippen LogP contribution < -0.4 is 20.7 Å². The largest absolute Gasteiger partial charge is 0.492 e. The number of aromatic nitrogens is 5. The fourth-order valence-corrected chi connectivity index (χ4v) is 3.45. The van der Waals surface area contributed by atoms with Crippen molar-refractivity contribution >= 4 is 29.0 Å². The standard InChI is InChI=1S/C22H24N8O3/c1-23-22(32)19-16(9-17(28-29-19)27-21(31)12-3-4-12)26-15-7-8-24-18(20(15)33-2)13-10-25-30(11-13)14-5-6-14/h7-12,14H,3-6H2,1-2H3,(H,23,32)(H2,24,26,27,28,31)/i1D3. The number of hydrogen-bond acceptors (Lipinski definition) is 8. The van der Waals surface area contributed by atoms with Gasteiger partial charge in [-0.2, -0.15) is 5.10 Å². The van der Waals surface area contributed by atoms with Crippen molar-refractivity contribution in [3.63, 3.8) is 0 Å². The highest BCUT2D eigenvalue weighted by Gasteiger charge is 2.30. The number of carbonyl (C=O) groups is 2. The van der Waals surface area contributed by atoms with Gasteiger partial charge in [-0.15, -0.1) is 10.2 Å². The SMILES string of the molecule is [2H]C([2H])([2H])NC(=O)c1nnc(NC(=O)C2CC2)cc1Nc1ccnc(-c2cnn(C3CC3)c2)c1OC. The molecule has 3 N–H and O–H groups in total. The second kappa shape index (κ2) is 8.49. The van der Waals surface area contributed by atoms with Gasteiger partial charge in [0.2, 0.25) is 5.91 Å². The van der Waals surface area contributed by atoms with Gasteiger partial charge in [0.05, 0.1) is 30.7 Å². The highest BCUT2D eigenvalue weighted by atomic mass is 16.5. The number of carbonyl (C=O) groups excluding carboxylic acids is 2. The highest BCUT2D eigenvalue weighted by molar-refractivity contribution is 6.00. The van der Waals surface area contributed by atoms with Crippen molar-refractivity contribution in [2.75, 3.05) is 24.7 Å². The third kappa shape index (κ3) is 4.34. The fourth-order valence-electron chi connectivity index (χ4n) is 3.45. The Balaban J connectivity index is 1.49. The van der Waals surface area contributed by atoms with E-state index in [4.69, 9.17) is 8.85 Å². The maximum Gasteiger partial charge on any atom is 0.273 e. The summed E-state index contributed by atoms with van der Waals surface area (Å²) in [5.74, 6) is -0.703. The summed E-state index contributed by atoms with van der Waals surface area (Å²) in [7, 11) is 1.49. The van der Waals surface area contributed by atoms with Crippen LogP contribution in [0.5, 0.6) is 5.75 Å². The summed E-state index contributed by atoms with van der Waals surface area (Å²) in [5.41, 5.74) is 1.59. The minimum absolute atomic E-state index is 0.0684. The lowest BCUT2D eigenvalue weighted by Gasteiger charge is -2.16. The molecule has 2 amide bonds. The Morgan fingerprint density at radius 2 is 2.06 bits per heavy atom. The Labute approximate surface area is 194 Å². The number of nitrogens with one attached hydrogen (secondary N) is 3. The highest BCUT2D eigenvalue weighted by Crippen LogP contribution is 2.39. The van der Waals surface area contributed by atoms with Crippen LogP contribution >= 0.6 is 0 Å². The van der Waals surface area contributed by atoms with Crippen molar-refractivity contribution in [1.82, 2.24) is 30.3 Å². The van der Waals surface area contributed by atoms with Crippen LogP contribution in [0.15, 0.2) is 30.7 Å². The van der Waals surface area contributed by atoms with Crippen LogP contribution in [-0.4, -0.2) is 50.9 Å². The van der Waals surface area contributed by atoms with Gasteiger partial charge in [-0.3, -0.25) is 19.3 Å². The molecular weight excluding hydrogens is 424 g/mol. The van der Waals surface area contributed by atoms with E-state index in [1.807, 2.05) is 16.2 Å². The smallest absolute Gasteiger partial charge is 0.273 e. The third-order valence-corrected chi connectivity index (χ3v) is 5.50. The Morgan fingerprint density at radius 1 is 1.21 bits per heavy atom. The molecule has 170 valence electrons. The number of nitrogens with zero attached hydrogens (tertiary/aromatic N) is 5. The molecule has 0 aliphatic heterocycles. The van der Waals surface area contributed by atoms with Crippen LogP contribution in [-0.2, 0) is 4.79 Å². The van der Waals surface area contributed by atoms with E-state index >= 15 is 0 Å². The van der Waals surface area contributed by atoms with Crippen molar-refractivity contribution < 1.29 is 18.4 Å². The first kappa shape index (κ1) is 17.5. The van der Waals surface area contributed by atoms with Crippen molar-refractivity contribution in [2.24, 2.45) is 5.92 Å². The summed E-state index contributed by atoms with van der Waals surface area (Å²) in [6.07, 6.45) is 8.96. The molecule has 0 spiro atoms. The third-order valence-electron chi connectivity index (χ3n) is 5.50. The molecule has 0 unspecified atom stereocenters. The molecule has 2 aliphatic rings. The number of amides is 2. The van der Waals surface area contributed by atoms with Gasteiger partial charge in [0.25, 0.3) is 5.91 Å². The Bertz CT molecular complexity index is 1320. The average molecular weight is 452 g/mol. The van der Waals surface area contributed by atoms with E-state index in [0.717, 1.165) is 31.2 Å². The Hall–Kier alpha value is -4.02. The normalized spacial score (nSPS) is 16.8. The molecule has 2 aliphatic carbocycles. The second-order valence-corrected chi connectivity index (χ2v) is 8.02. The fraction of sp³-hybridized carbons (Fsp3) is 0.364. The van der Waals surface area contributed by atoms with Gasteiger partial charge in [-0.05, 0) is 31.7 Å². The lowest BCUT2D eigenvalue weighted by Crippen LogP contribution is -2.22. The van der Waals surface area contributed by atoms with Gasteiger partial charge >= 0.3 is 0 Å². The lowest BCUT2D eigenvalue weighted by molar-refractivity contribution is -0.117. The van der Waals surface area contributed by atoms with E-state index in [2.05, 4.69) is 30.9 Å². The monoisotopic (exact) mass is 451 g/mol. The molecular formula is C22H24N8O3. The van der Waals surface area contributed by atoms with Crippen LogP contribution in [0, 0.1) is 5.92 Å². The number of anilines is 3. The first-order valence-corrected chi connectivity index (χ1v) is 10.6. The molecule has 3 heterocycles. The minimum Gasteiger partial charge on any atom is -0.492 e. The van der Waals surface area contributed by atoms with E-state index in [-0.39, 0.29) is 29.0 Å². The van der Waals surface area contributed by atoms with E-state index in [0.29, 0.717) is 23.2 Å². The molecule has 0 aromatic carbocycles. The number of rotatable bonds is 8. The van der Waals surface area contributed by atoms with E-state index in [1.54, 1.807) is 18.5 Å². The quantitative estimate of drug-likeness (QED) is 0.475. The Morgan fingerprint density at radius 3 is 2.79 bits per heavy atom. The zero-order chi connectivity index (χ0) is 25.4. The van der Waals surface area contributed by atoms with Gasteiger partial charge in [0.15, 0.2) is 17.3 Å². The zero-order valence-electron chi connectivity index (χ0n) is 20.8. The maximum atomic E-state index is 12.7. The van der Waals surface area contributed by atoms with Crippen LogP contribution in [0.3, 0.4) is 0 Å². The average Bonchev–Trinajstić information content (AvgIpc) is 3.76. The summed E-state index contributed by atoms with van der Waals surface area (Å²) in [6, 6.07) is 3.46. The van der Waals surface area contributed by atoms with Gasteiger partial charge in [-0.25, -0.2) is 0 Å². The number of methoxy groups -OCH3 is 1. The van der Waals surface area contributed by atoms with E-state index in [1.165, 1.54) is 13.2 Å². The number of pyridine rings is 1. The zero-order valence-corrected chi connectivity index (χ0v) is 17.8. The van der Waals surface area contributed by atoms with Crippen molar-refractivity contribution in [1.29, 1.82) is 0 Å². The molecule has 5 rings (SSSR count). The van der Waals surface area contributed by atoms with Gasteiger partial charge in [0.1, 0.15) is 5.69 Å². The first-order valence-electron chi connectivity index (χ1n) is 12.1. The molecule has 2 saturated carbocycles. The van der Waals surface area contributed by atoms with Crippen LogP contribution in [0.2, 0.25) is 0 Å². The van der Waals surface area contributed by atoms with E-state index < -0.39 is 12.9 Å². The summed E-state index contributed by atoms with van der Waals surface area (Å²) >= 11 is 0. The number of hydrogen-bond donors (Lipinski definition) is 3. The summed E-state index contributed by atoms with van der Waals surface area (Å²) in [5, 5.41) is 19.9. The molecule has 0 atom stereocenters. The summed E-state index contributed by atoms with van der Waals surface area (Å²) in [4.78, 5) is 29.3. The lowest BCUT2D eigenvalue weighted by atomic mass is 10.2. The van der Waals surface area contributed by atoms with Gasteiger partial charge in [-0.1, -0.05) is 0 Å². The molecule has 33 heavy (non-hydrogen) atoms. The molecule has 0 radical (unpaired) electrons. The Kier molecular flexibility index (Phi) is 4.51. The predicted octanol–water partition coefficient (Wildman–Crippen LogP) is 2.53. The van der Waals surface area contributed by atoms with Crippen molar-refractivity contribution in [2.45, 2.75) is 31.7 Å². The van der Waals surface area contributed by atoms with E-state index in [9.17, 15) is 9.59 Å². The van der Waals surface area contributed by atoms with Crippen LogP contribution in [0.4, 0.5) is 17.2 Å². The molecule has 11 heteroatoms. The molecule has 0 bridgehead atoms. The van der Waals surface area contributed by atoms with Crippen molar-refractivity contribution in [3.8, 4) is 17.0 Å². The first-order chi connectivity index (χ1) is 17.2. The molecule has 3 aromatic heterocycles. The number of ether oxygens (including phenoxy) is 1. The second-order valence-electron chi connectivity index (χ2n) is 8.02. The minimum atomic E-state index is -2.72. The molecule has 11 nitrogen and oxygen atoms in total. The maximum absolute atomic E-state index is 12.7.